The Balaban J connectivity index is 1.44. The summed E-state index contributed by atoms with van der Waals surface area (Å²) in [4.78, 5) is 11.4. The molecule has 0 aromatic carbocycles. The van der Waals surface area contributed by atoms with Crippen LogP contribution in [0.5, 0.6) is 0 Å². The molecule has 1 aromatic heterocycles. The molecule has 3 heteroatoms. The van der Waals surface area contributed by atoms with Crippen molar-refractivity contribution in [1.29, 1.82) is 0 Å². The van der Waals surface area contributed by atoms with Gasteiger partial charge in [-0.3, -0.25) is 0 Å². The van der Waals surface area contributed by atoms with Crippen molar-refractivity contribution in [3.8, 4) is 0 Å². The highest BCUT2D eigenvalue weighted by Crippen LogP contribution is 2.67. The molecule has 27 heavy (non-hydrogen) atoms. The Bertz CT molecular complexity index is 803. The van der Waals surface area contributed by atoms with Crippen molar-refractivity contribution in [2.45, 2.75) is 71.3 Å². The van der Waals surface area contributed by atoms with E-state index in [1.54, 1.807) is 12.3 Å². The Labute approximate surface area is 161 Å². The average molecular weight is 369 g/mol. The molecule has 0 spiro atoms. The molecule has 3 fully saturated rings. The monoisotopic (exact) mass is 368 g/mol. The van der Waals surface area contributed by atoms with Crippen LogP contribution in [0.4, 0.5) is 0 Å². The Morgan fingerprint density at radius 2 is 1.93 bits per heavy atom. The predicted octanol–water partition coefficient (Wildman–Crippen LogP) is 5.04. The van der Waals surface area contributed by atoms with Crippen molar-refractivity contribution >= 4 is 5.57 Å². The van der Waals surface area contributed by atoms with E-state index >= 15 is 0 Å². The minimum atomic E-state index is -0.270. The minimum absolute atomic E-state index is 0.0685. The van der Waals surface area contributed by atoms with Gasteiger partial charge in [0.15, 0.2) is 0 Å². The van der Waals surface area contributed by atoms with Crippen LogP contribution in [0.25, 0.3) is 5.57 Å². The molecule has 0 saturated heterocycles. The van der Waals surface area contributed by atoms with Gasteiger partial charge in [0.1, 0.15) is 6.26 Å². The van der Waals surface area contributed by atoms with Crippen LogP contribution in [0.1, 0.15) is 70.8 Å². The van der Waals surface area contributed by atoms with Gasteiger partial charge in [-0.2, -0.15) is 0 Å². The van der Waals surface area contributed by atoms with Gasteiger partial charge in [0.05, 0.1) is 6.10 Å². The maximum atomic E-state index is 11.4. The molecule has 0 aliphatic heterocycles. The first kappa shape index (κ1) is 17.7. The molecule has 3 nitrogen and oxygen atoms in total. The zero-order valence-corrected chi connectivity index (χ0v) is 16.6. The summed E-state index contributed by atoms with van der Waals surface area (Å²) in [5, 5.41) is 10.2. The fourth-order valence-electron chi connectivity index (χ4n) is 7.76. The highest BCUT2D eigenvalue weighted by Gasteiger charge is 2.58. The molecular weight excluding hydrogens is 336 g/mol. The molecule has 1 N–H and O–H groups in total. The van der Waals surface area contributed by atoms with Crippen molar-refractivity contribution in [2.75, 3.05) is 0 Å². The SMILES string of the molecule is C[C@]12CC[C@H](O)C[C@@H]1CC[C@@H]1[C@@H]2CC[C@]2(C)C(c3ccc(=O)oc3)=CC[C@@H]12. The van der Waals surface area contributed by atoms with Gasteiger partial charge in [0.25, 0.3) is 0 Å². The lowest BCUT2D eigenvalue weighted by Crippen LogP contribution is -2.53. The lowest BCUT2D eigenvalue weighted by atomic mass is 9.44. The number of aliphatic hydroxyl groups excluding tert-OH is 1. The van der Waals surface area contributed by atoms with Crippen molar-refractivity contribution in [3.63, 3.8) is 0 Å². The lowest BCUT2D eigenvalue weighted by molar-refractivity contribution is -0.115. The van der Waals surface area contributed by atoms with E-state index < -0.39 is 0 Å². The van der Waals surface area contributed by atoms with Crippen molar-refractivity contribution in [1.82, 2.24) is 0 Å². The molecule has 146 valence electrons. The van der Waals surface area contributed by atoms with Gasteiger partial charge in [-0.15, -0.1) is 0 Å². The number of aliphatic hydroxyl groups is 1. The summed E-state index contributed by atoms with van der Waals surface area (Å²) in [5.74, 6) is 3.03. The quantitative estimate of drug-likeness (QED) is 0.756. The Kier molecular flexibility index (Phi) is 3.99. The summed E-state index contributed by atoms with van der Waals surface area (Å²) in [5.41, 5.74) is 2.86. The third-order valence-electron chi connectivity index (χ3n) is 9.23. The normalized spacial score (nSPS) is 46.2. The second-order valence-corrected chi connectivity index (χ2v) is 10.2. The standard InChI is InChI=1S/C24H32O3/c1-23-11-9-17(25)13-16(23)4-5-18-20-7-6-19(15-3-8-22(26)27-14-15)24(20,2)12-10-21(18)23/h3,6,8,14,16-18,20-21,25H,4-5,7,9-13H2,1-2H3/t16-,17-,18-,20-,21-,23-,24+/m0/s1. The maximum absolute atomic E-state index is 11.4. The molecule has 0 amide bonds. The fourth-order valence-corrected chi connectivity index (χ4v) is 7.76. The maximum Gasteiger partial charge on any atom is 0.335 e. The zero-order valence-electron chi connectivity index (χ0n) is 16.6. The van der Waals surface area contributed by atoms with E-state index in [2.05, 4.69) is 19.9 Å². The van der Waals surface area contributed by atoms with Crippen molar-refractivity contribution in [2.24, 2.45) is 34.5 Å². The Morgan fingerprint density at radius 1 is 1.07 bits per heavy atom. The Morgan fingerprint density at radius 3 is 2.70 bits per heavy atom. The second kappa shape index (κ2) is 6.07. The van der Waals surface area contributed by atoms with E-state index in [0.717, 1.165) is 36.7 Å². The molecule has 7 atom stereocenters. The molecule has 3 saturated carbocycles. The van der Waals surface area contributed by atoms with Crippen LogP contribution in [-0.2, 0) is 0 Å². The highest BCUT2D eigenvalue weighted by molar-refractivity contribution is 5.72. The van der Waals surface area contributed by atoms with Crippen molar-refractivity contribution in [3.05, 3.63) is 40.5 Å². The number of allylic oxidation sites excluding steroid dienone is 2. The Hall–Kier alpha value is -1.35. The van der Waals surface area contributed by atoms with Crippen LogP contribution in [-0.4, -0.2) is 11.2 Å². The summed E-state index contributed by atoms with van der Waals surface area (Å²) < 4.78 is 5.18. The predicted molar refractivity (Wildman–Crippen MR) is 106 cm³/mol. The van der Waals surface area contributed by atoms with Gasteiger partial charge in [-0.25, -0.2) is 4.79 Å². The van der Waals surface area contributed by atoms with Crippen LogP contribution < -0.4 is 5.63 Å². The molecule has 4 aliphatic rings. The van der Waals surface area contributed by atoms with E-state index in [9.17, 15) is 9.90 Å². The molecule has 0 bridgehead atoms. The molecule has 0 unspecified atom stereocenters. The van der Waals surface area contributed by atoms with Crippen LogP contribution in [0, 0.1) is 34.5 Å². The minimum Gasteiger partial charge on any atom is -0.431 e. The summed E-state index contributed by atoms with van der Waals surface area (Å²) >= 11 is 0. The number of hydrogen-bond donors (Lipinski definition) is 1. The van der Waals surface area contributed by atoms with Gasteiger partial charge >= 0.3 is 5.63 Å². The molecule has 4 aliphatic carbocycles. The summed E-state index contributed by atoms with van der Waals surface area (Å²) in [6, 6.07) is 3.50. The van der Waals surface area contributed by atoms with Crippen LogP contribution in [0.2, 0.25) is 0 Å². The number of hydrogen-bond acceptors (Lipinski definition) is 3. The summed E-state index contributed by atoms with van der Waals surface area (Å²) in [7, 11) is 0. The highest BCUT2D eigenvalue weighted by atomic mass is 16.4. The van der Waals surface area contributed by atoms with Gasteiger partial charge < -0.3 is 9.52 Å². The van der Waals surface area contributed by atoms with Gasteiger partial charge in [-0.05, 0) is 97.5 Å². The van der Waals surface area contributed by atoms with Crippen LogP contribution >= 0.6 is 0 Å². The van der Waals surface area contributed by atoms with Gasteiger partial charge in [0, 0.05) is 11.6 Å². The van der Waals surface area contributed by atoms with Gasteiger partial charge in [0.2, 0.25) is 0 Å². The number of fused-ring (bicyclic) bond motifs is 5. The molecule has 0 radical (unpaired) electrons. The topological polar surface area (TPSA) is 50.4 Å². The first-order chi connectivity index (χ1) is 12.9. The van der Waals surface area contributed by atoms with E-state index in [1.165, 1.54) is 37.7 Å². The van der Waals surface area contributed by atoms with E-state index in [-0.39, 0.29) is 17.1 Å². The third-order valence-corrected chi connectivity index (χ3v) is 9.23. The smallest absolute Gasteiger partial charge is 0.335 e. The largest absolute Gasteiger partial charge is 0.431 e. The molecular formula is C24H32O3. The fraction of sp³-hybridized carbons (Fsp3) is 0.708. The number of rotatable bonds is 1. The lowest BCUT2D eigenvalue weighted by Gasteiger charge is -2.60. The van der Waals surface area contributed by atoms with E-state index in [0.29, 0.717) is 17.3 Å². The first-order valence-corrected chi connectivity index (χ1v) is 10.9. The van der Waals surface area contributed by atoms with E-state index in [4.69, 9.17) is 4.42 Å². The van der Waals surface area contributed by atoms with Crippen LogP contribution in [0.15, 0.2) is 33.7 Å². The second-order valence-electron chi connectivity index (χ2n) is 10.2. The average Bonchev–Trinajstić information content (AvgIpc) is 3.00. The van der Waals surface area contributed by atoms with Crippen molar-refractivity contribution < 1.29 is 9.52 Å². The summed E-state index contributed by atoms with van der Waals surface area (Å²) in [6.07, 6.45) is 13.5. The molecule has 1 aromatic rings. The zero-order chi connectivity index (χ0) is 18.8. The first-order valence-electron chi connectivity index (χ1n) is 10.9. The van der Waals surface area contributed by atoms with Gasteiger partial charge in [-0.1, -0.05) is 19.9 Å². The third kappa shape index (κ3) is 2.53. The molecule has 1 heterocycles. The molecule has 5 rings (SSSR count). The summed E-state index contributed by atoms with van der Waals surface area (Å²) in [6.45, 7) is 5.00. The van der Waals surface area contributed by atoms with E-state index in [1.807, 2.05) is 6.07 Å². The van der Waals surface area contributed by atoms with Crippen LogP contribution in [0.3, 0.4) is 0 Å².